The summed E-state index contributed by atoms with van der Waals surface area (Å²) in [6.45, 7) is 4.38. The van der Waals surface area contributed by atoms with Gasteiger partial charge in [0.05, 0.1) is 28.4 Å². The predicted molar refractivity (Wildman–Crippen MR) is 107 cm³/mol. The van der Waals surface area contributed by atoms with Crippen molar-refractivity contribution in [2.24, 2.45) is 11.8 Å². The van der Waals surface area contributed by atoms with Gasteiger partial charge in [0.2, 0.25) is 11.5 Å². The maximum atomic E-state index is 11.2. The Morgan fingerprint density at radius 2 is 1.25 bits per heavy atom. The molecule has 0 unspecified atom stereocenters. The van der Waals surface area contributed by atoms with Crippen LogP contribution in [-0.4, -0.2) is 38.7 Å². The van der Waals surface area contributed by atoms with E-state index in [1.807, 2.05) is 6.07 Å². The van der Waals surface area contributed by atoms with Gasteiger partial charge in [-0.3, -0.25) is 0 Å². The van der Waals surface area contributed by atoms with Crippen LogP contribution in [0.1, 0.15) is 25.0 Å². The van der Waals surface area contributed by atoms with E-state index in [2.05, 4.69) is 13.8 Å². The van der Waals surface area contributed by atoms with Crippen molar-refractivity contribution in [1.82, 2.24) is 0 Å². The van der Waals surface area contributed by atoms with Gasteiger partial charge in [0, 0.05) is 11.1 Å². The third-order valence-corrected chi connectivity index (χ3v) is 5.74. The first-order valence-electron chi connectivity index (χ1n) is 9.31. The first-order chi connectivity index (χ1) is 13.4. The highest BCUT2D eigenvalue weighted by molar-refractivity contribution is 5.88. The Labute approximate surface area is 165 Å². The molecule has 3 rings (SSSR count). The third kappa shape index (κ3) is 3.07. The smallest absolute Gasteiger partial charge is 0.203 e. The number of phenolic OH excluding ortho intramolecular Hbond substituents is 2. The first kappa shape index (κ1) is 20.0. The molecule has 0 radical (unpaired) electrons. The average Bonchev–Trinajstić information content (AvgIpc) is 2.67. The van der Waals surface area contributed by atoms with Crippen LogP contribution in [0.2, 0.25) is 0 Å². The van der Waals surface area contributed by atoms with Crippen molar-refractivity contribution in [3.8, 4) is 45.6 Å². The fraction of sp³-hybridized carbons (Fsp3) is 0.455. The Kier molecular flexibility index (Phi) is 5.49. The maximum Gasteiger partial charge on any atom is 0.203 e. The fourth-order valence-electron chi connectivity index (χ4n) is 4.07. The van der Waals surface area contributed by atoms with Gasteiger partial charge in [-0.25, -0.2) is 0 Å². The quantitative estimate of drug-likeness (QED) is 0.819. The molecular formula is C22H28O6. The van der Waals surface area contributed by atoms with E-state index in [1.54, 1.807) is 13.2 Å². The first-order valence-corrected chi connectivity index (χ1v) is 9.31. The lowest BCUT2D eigenvalue weighted by Gasteiger charge is -2.29. The zero-order valence-corrected chi connectivity index (χ0v) is 17.3. The summed E-state index contributed by atoms with van der Waals surface area (Å²) in [5, 5.41) is 21.6. The molecule has 2 aromatic carbocycles. The highest BCUT2D eigenvalue weighted by Crippen LogP contribution is 2.55. The Morgan fingerprint density at radius 1 is 0.714 bits per heavy atom. The molecule has 6 nitrogen and oxygen atoms in total. The monoisotopic (exact) mass is 388 g/mol. The summed E-state index contributed by atoms with van der Waals surface area (Å²) in [5.74, 6) is 2.10. The minimum Gasteiger partial charge on any atom is -0.504 e. The van der Waals surface area contributed by atoms with Crippen LogP contribution in [0.15, 0.2) is 12.1 Å². The summed E-state index contributed by atoms with van der Waals surface area (Å²) in [4.78, 5) is 0. The van der Waals surface area contributed by atoms with Crippen LogP contribution in [-0.2, 0) is 12.8 Å². The Morgan fingerprint density at radius 3 is 1.75 bits per heavy atom. The molecule has 6 heteroatoms. The second kappa shape index (κ2) is 7.70. The van der Waals surface area contributed by atoms with Crippen molar-refractivity contribution >= 4 is 0 Å². The highest BCUT2D eigenvalue weighted by Gasteiger charge is 2.32. The van der Waals surface area contributed by atoms with Gasteiger partial charge in [0.25, 0.3) is 0 Å². The second-order valence-electron chi connectivity index (χ2n) is 7.35. The zero-order chi connectivity index (χ0) is 20.6. The van der Waals surface area contributed by atoms with E-state index in [1.165, 1.54) is 21.3 Å². The molecule has 28 heavy (non-hydrogen) atoms. The number of rotatable bonds is 4. The Balaban J connectivity index is 2.47. The summed E-state index contributed by atoms with van der Waals surface area (Å²) in [6, 6.07) is 3.61. The van der Waals surface area contributed by atoms with Crippen LogP contribution in [0.3, 0.4) is 0 Å². The van der Waals surface area contributed by atoms with Gasteiger partial charge in [-0.2, -0.15) is 0 Å². The van der Waals surface area contributed by atoms with Gasteiger partial charge in [-0.15, -0.1) is 0 Å². The summed E-state index contributed by atoms with van der Waals surface area (Å²) in [6.07, 6.45) is 1.49. The number of aromatic hydroxyl groups is 2. The molecule has 0 spiro atoms. The van der Waals surface area contributed by atoms with Crippen molar-refractivity contribution in [1.29, 1.82) is 0 Å². The van der Waals surface area contributed by atoms with Crippen molar-refractivity contribution in [2.75, 3.05) is 28.4 Å². The lowest BCUT2D eigenvalue weighted by atomic mass is 9.77. The molecule has 152 valence electrons. The van der Waals surface area contributed by atoms with Gasteiger partial charge in [0.15, 0.2) is 23.0 Å². The van der Waals surface area contributed by atoms with Crippen molar-refractivity contribution in [2.45, 2.75) is 26.7 Å². The number of methoxy groups -OCH3 is 4. The van der Waals surface area contributed by atoms with E-state index in [4.69, 9.17) is 18.9 Å². The molecule has 0 bridgehead atoms. The van der Waals surface area contributed by atoms with Crippen LogP contribution < -0.4 is 18.9 Å². The third-order valence-electron chi connectivity index (χ3n) is 5.74. The van der Waals surface area contributed by atoms with Crippen LogP contribution in [0.4, 0.5) is 0 Å². The number of fused-ring (bicyclic) bond motifs is 3. The van der Waals surface area contributed by atoms with Gasteiger partial charge < -0.3 is 29.2 Å². The molecule has 0 fully saturated rings. The summed E-state index contributed by atoms with van der Waals surface area (Å²) < 4.78 is 21.9. The summed E-state index contributed by atoms with van der Waals surface area (Å²) in [7, 11) is 6.05. The molecule has 2 aromatic rings. The van der Waals surface area contributed by atoms with E-state index in [-0.39, 0.29) is 23.0 Å². The molecule has 0 aliphatic heterocycles. The molecule has 2 atom stereocenters. The van der Waals surface area contributed by atoms with E-state index < -0.39 is 0 Å². The fourth-order valence-corrected chi connectivity index (χ4v) is 4.07. The highest BCUT2D eigenvalue weighted by atomic mass is 16.5. The Hall–Kier alpha value is -2.76. The van der Waals surface area contributed by atoms with Crippen LogP contribution in [0.5, 0.6) is 34.5 Å². The predicted octanol–water partition coefficient (Wildman–Crippen LogP) is 4.17. The van der Waals surface area contributed by atoms with Crippen LogP contribution in [0, 0.1) is 11.8 Å². The van der Waals surface area contributed by atoms with E-state index in [9.17, 15) is 10.2 Å². The van der Waals surface area contributed by atoms with E-state index >= 15 is 0 Å². The van der Waals surface area contributed by atoms with Crippen molar-refractivity contribution < 1.29 is 29.2 Å². The van der Waals surface area contributed by atoms with Crippen molar-refractivity contribution in [3.05, 3.63) is 23.3 Å². The van der Waals surface area contributed by atoms with Gasteiger partial charge in [-0.05, 0) is 47.9 Å². The number of benzene rings is 2. The van der Waals surface area contributed by atoms with Crippen LogP contribution >= 0.6 is 0 Å². The minimum absolute atomic E-state index is 0.00843. The van der Waals surface area contributed by atoms with E-state index in [0.717, 1.165) is 24.0 Å². The van der Waals surface area contributed by atoms with E-state index in [0.29, 0.717) is 34.5 Å². The average molecular weight is 388 g/mol. The standard InChI is InChI=1S/C22H28O6/c1-11-7-13-9-15(23)20(26-4)22(28-6)18(13)17-14(8-12(11)2)10-16(25-3)21(27-5)19(17)24/h9-12,23-24H,7-8H2,1-6H3/t11-,12+/m0/s1. The second-order valence-corrected chi connectivity index (χ2v) is 7.35. The van der Waals surface area contributed by atoms with Crippen LogP contribution in [0.25, 0.3) is 11.1 Å². The largest absolute Gasteiger partial charge is 0.504 e. The molecular weight excluding hydrogens is 360 g/mol. The zero-order valence-electron chi connectivity index (χ0n) is 17.3. The number of ether oxygens (including phenoxy) is 4. The van der Waals surface area contributed by atoms with Gasteiger partial charge in [-0.1, -0.05) is 13.8 Å². The molecule has 2 N–H and O–H groups in total. The maximum absolute atomic E-state index is 11.2. The number of hydrogen-bond acceptors (Lipinski definition) is 6. The minimum atomic E-state index is -0.00843. The molecule has 0 heterocycles. The van der Waals surface area contributed by atoms with Gasteiger partial charge in [0.1, 0.15) is 0 Å². The molecule has 0 saturated carbocycles. The van der Waals surface area contributed by atoms with Gasteiger partial charge >= 0.3 is 0 Å². The lowest BCUT2D eigenvalue weighted by Crippen LogP contribution is -2.18. The summed E-state index contributed by atoms with van der Waals surface area (Å²) >= 11 is 0. The normalized spacial score (nSPS) is 18.4. The topological polar surface area (TPSA) is 77.4 Å². The molecule has 0 saturated heterocycles. The lowest BCUT2D eigenvalue weighted by molar-refractivity contribution is 0.326. The number of phenols is 2. The SMILES string of the molecule is COc1cc2c(c(O)c1OC)-c1c(cc(O)c(OC)c1OC)C[C@H](C)[C@H](C)C2. The Bertz CT molecular complexity index is 888. The molecule has 1 aliphatic rings. The molecule has 1 aliphatic carbocycles. The molecule has 0 amide bonds. The van der Waals surface area contributed by atoms with Crippen molar-refractivity contribution in [3.63, 3.8) is 0 Å². The summed E-state index contributed by atoms with van der Waals surface area (Å²) in [5.41, 5.74) is 3.16. The molecule has 0 aromatic heterocycles. The number of hydrogen-bond donors (Lipinski definition) is 2.